The number of alkyl carbamates (subject to hydrolysis) is 1. The zero-order valence-corrected chi connectivity index (χ0v) is 42.7. The van der Waals surface area contributed by atoms with E-state index in [2.05, 4.69) is 22.9 Å². The van der Waals surface area contributed by atoms with Crippen molar-refractivity contribution in [2.45, 2.75) is 90.4 Å². The van der Waals surface area contributed by atoms with Crippen molar-refractivity contribution in [1.29, 1.82) is 0 Å². The molecule has 0 saturated heterocycles. The van der Waals surface area contributed by atoms with E-state index < -0.39 is 46.3 Å². The number of amides is 3. The van der Waals surface area contributed by atoms with Crippen LogP contribution in [0, 0.1) is 0 Å². The van der Waals surface area contributed by atoms with Gasteiger partial charge in [0.1, 0.15) is 38.5 Å². The van der Waals surface area contributed by atoms with Crippen molar-refractivity contribution in [2.24, 2.45) is 0 Å². The van der Waals surface area contributed by atoms with Gasteiger partial charge in [0, 0.05) is 19.9 Å². The van der Waals surface area contributed by atoms with Crippen LogP contribution in [0.2, 0.25) is 0 Å². The highest BCUT2D eigenvalue weighted by molar-refractivity contribution is 7.85. The van der Waals surface area contributed by atoms with E-state index >= 15 is 0 Å². The minimum absolute atomic E-state index is 0.0294. The number of carbonyl (C=O) groups excluding carboxylic acids is 4. The molecule has 0 radical (unpaired) electrons. The lowest BCUT2D eigenvalue weighted by atomic mass is 10.0. The molecule has 0 heterocycles. The minimum atomic E-state index is -3.71. The monoisotopic (exact) mass is 1030 g/mol. The predicted molar refractivity (Wildman–Crippen MR) is 280 cm³/mol. The van der Waals surface area contributed by atoms with E-state index in [-0.39, 0.29) is 49.9 Å². The first-order chi connectivity index (χ1) is 35.8. The second-order valence-corrected chi connectivity index (χ2v) is 18.5. The van der Waals surface area contributed by atoms with Crippen LogP contribution < -0.4 is 34.9 Å². The molecule has 0 spiro atoms. The second-order valence-electron chi connectivity index (χ2n) is 17.0. The van der Waals surface area contributed by atoms with Crippen molar-refractivity contribution in [2.75, 3.05) is 19.9 Å². The Morgan fingerprint density at radius 1 is 0.514 bits per heavy atom. The maximum Gasteiger partial charge on any atom is 0.412 e. The molecule has 74 heavy (non-hydrogen) atoms. The highest BCUT2D eigenvalue weighted by atomic mass is 32.2. The van der Waals surface area contributed by atoms with Crippen LogP contribution in [-0.4, -0.2) is 69.0 Å². The van der Waals surface area contributed by atoms with Crippen LogP contribution >= 0.6 is 0 Å². The van der Waals surface area contributed by atoms with Crippen LogP contribution in [0.15, 0.2) is 158 Å². The summed E-state index contributed by atoms with van der Waals surface area (Å²) in [6, 6.07) is 45.6. The van der Waals surface area contributed by atoms with Crippen molar-refractivity contribution < 1.29 is 60.6 Å². The van der Waals surface area contributed by atoms with Crippen molar-refractivity contribution in [1.82, 2.24) is 16.0 Å². The van der Waals surface area contributed by atoms with E-state index in [0.717, 1.165) is 47.9 Å². The summed E-state index contributed by atoms with van der Waals surface area (Å²) in [5, 5.41) is 7.88. The van der Waals surface area contributed by atoms with Crippen LogP contribution in [0.1, 0.15) is 72.4 Å². The molecule has 17 heteroatoms. The first-order valence-electron chi connectivity index (χ1n) is 24.3. The molecule has 0 fully saturated rings. The number of nitrogens with one attached hydrogen (secondary N) is 3. The molecule has 0 aliphatic heterocycles. The maximum absolute atomic E-state index is 14.3. The van der Waals surface area contributed by atoms with Gasteiger partial charge >= 0.3 is 18.2 Å². The summed E-state index contributed by atoms with van der Waals surface area (Å²) in [4.78, 5) is 53.2. The van der Waals surface area contributed by atoms with Crippen molar-refractivity contribution in [3.05, 3.63) is 191 Å². The Kier molecular flexibility index (Phi) is 23.8. The molecule has 0 unspecified atom stereocenters. The largest absolute Gasteiger partial charge is 0.485 e. The molecule has 0 aliphatic carbocycles. The van der Waals surface area contributed by atoms with Crippen molar-refractivity contribution >= 4 is 34.2 Å². The van der Waals surface area contributed by atoms with Crippen molar-refractivity contribution in [3.63, 3.8) is 0 Å². The predicted octanol–water partition coefficient (Wildman–Crippen LogP) is 9.72. The van der Waals surface area contributed by atoms with Crippen LogP contribution in [0.5, 0.6) is 23.0 Å². The number of methoxy groups -OCH3 is 1. The zero-order chi connectivity index (χ0) is 53.0. The SMILES string of the molecule is CCCCCCCS(=O)(=O)O.CNC(=O)Oc1cc(C[C@H](NC(=O)[C@H](Cc2ccc(OCc3ccccc3)c(OCc3ccccc3)c2)NC(=O)OCc2ccccc2)C(=O)OC)ccc1OCc1ccccc1. The van der Waals surface area contributed by atoms with Crippen LogP contribution in [-0.2, 0) is 68.5 Å². The van der Waals surface area contributed by atoms with Crippen LogP contribution in [0.25, 0.3) is 0 Å². The lowest BCUT2D eigenvalue weighted by Crippen LogP contribution is -2.53. The number of rotatable bonds is 26. The topological polar surface area (TPSA) is 214 Å². The maximum atomic E-state index is 14.3. The van der Waals surface area contributed by atoms with E-state index in [9.17, 15) is 27.6 Å². The number of esters is 1. The number of unbranched alkanes of at least 4 members (excludes halogenated alkanes) is 4. The fourth-order valence-corrected chi connectivity index (χ4v) is 7.80. The molecule has 0 aliphatic rings. The third-order valence-corrected chi connectivity index (χ3v) is 11.9. The highest BCUT2D eigenvalue weighted by Gasteiger charge is 2.29. The van der Waals surface area contributed by atoms with Gasteiger partial charge in [0.15, 0.2) is 23.0 Å². The van der Waals surface area contributed by atoms with Gasteiger partial charge in [0.25, 0.3) is 10.1 Å². The van der Waals surface area contributed by atoms with Gasteiger partial charge in [0.2, 0.25) is 5.91 Å². The van der Waals surface area contributed by atoms with Gasteiger partial charge in [-0.15, -0.1) is 0 Å². The number of carbonyl (C=O) groups is 4. The molecule has 4 N–H and O–H groups in total. The summed E-state index contributed by atoms with van der Waals surface area (Å²) >= 11 is 0. The number of hydrogen-bond acceptors (Lipinski definition) is 12. The zero-order valence-electron chi connectivity index (χ0n) is 41.9. The Balaban J connectivity index is 0.000000824. The minimum Gasteiger partial charge on any atom is -0.485 e. The summed E-state index contributed by atoms with van der Waals surface area (Å²) in [5.74, 6) is -0.234. The van der Waals surface area contributed by atoms with E-state index in [0.29, 0.717) is 35.7 Å². The van der Waals surface area contributed by atoms with Crippen LogP contribution in [0.4, 0.5) is 9.59 Å². The molecule has 0 saturated carbocycles. The normalized spacial score (nSPS) is 11.6. The van der Waals surface area contributed by atoms with Crippen LogP contribution in [0.3, 0.4) is 0 Å². The Hall–Kier alpha value is -7.89. The Labute approximate surface area is 433 Å². The molecule has 0 bridgehead atoms. The summed E-state index contributed by atoms with van der Waals surface area (Å²) in [6.07, 6.45) is 3.15. The molecule has 0 aromatic heterocycles. The Morgan fingerprint density at radius 2 is 0.959 bits per heavy atom. The third kappa shape index (κ3) is 21.1. The smallest absolute Gasteiger partial charge is 0.412 e. The molecule has 3 amide bonds. The van der Waals surface area contributed by atoms with Crippen molar-refractivity contribution in [3.8, 4) is 23.0 Å². The fourth-order valence-electron chi connectivity index (χ4n) is 7.23. The van der Waals surface area contributed by atoms with Gasteiger partial charge in [-0.3, -0.25) is 9.35 Å². The quantitative estimate of drug-likeness (QED) is 0.0227. The summed E-state index contributed by atoms with van der Waals surface area (Å²) in [7, 11) is -1.08. The summed E-state index contributed by atoms with van der Waals surface area (Å²) < 4.78 is 63.4. The van der Waals surface area contributed by atoms with Gasteiger partial charge < -0.3 is 44.4 Å². The number of ether oxygens (including phenoxy) is 6. The third-order valence-electron chi connectivity index (χ3n) is 11.1. The van der Waals surface area contributed by atoms with Gasteiger partial charge in [0.05, 0.1) is 12.9 Å². The molecular formula is C57H65N3O13S. The van der Waals surface area contributed by atoms with E-state index in [4.69, 9.17) is 33.0 Å². The molecule has 2 atom stereocenters. The Morgan fingerprint density at radius 3 is 1.43 bits per heavy atom. The molecule has 6 aromatic carbocycles. The molecule has 6 aromatic rings. The standard InChI is InChI=1S/C50H49N3O10.C7H16O3S/c1-51-49(56)63-46-30-40(24-26-44(46)60-32-36-17-9-4-10-18-36)28-42(48(55)58-2)52-47(54)41(53-50(57)62-34-38-21-13-6-14-22-38)27-39-23-25-43(59-31-35-15-7-3-8-16-35)45(29-39)61-33-37-19-11-5-12-20-37;1-2-3-4-5-6-7-11(8,9)10/h3-26,29-30,41-42H,27-28,31-34H2,1-2H3,(H,51,56)(H,52,54)(H,53,57);2-7H2,1H3,(H,8,9,10)/t41-,42-;/m0./s1. The second kappa shape index (κ2) is 30.9. The highest BCUT2D eigenvalue weighted by Crippen LogP contribution is 2.32. The van der Waals surface area contributed by atoms with Gasteiger partial charge in [-0.2, -0.15) is 8.42 Å². The van der Waals surface area contributed by atoms with Gasteiger partial charge in [-0.1, -0.05) is 166 Å². The van der Waals surface area contributed by atoms with Gasteiger partial charge in [-0.25, -0.2) is 14.4 Å². The fraction of sp³-hybridized carbons (Fsp3) is 0.298. The average Bonchev–Trinajstić information content (AvgIpc) is 3.41. The van der Waals surface area contributed by atoms with E-state index in [1.807, 2.05) is 121 Å². The Bertz CT molecular complexity index is 2770. The lowest BCUT2D eigenvalue weighted by Gasteiger charge is -2.23. The van der Waals surface area contributed by atoms with Gasteiger partial charge in [-0.05, 0) is 64.1 Å². The molecule has 16 nitrogen and oxygen atoms in total. The van der Waals surface area contributed by atoms with E-state index in [1.165, 1.54) is 14.2 Å². The number of benzene rings is 6. The average molecular weight is 1030 g/mol. The first-order valence-corrected chi connectivity index (χ1v) is 25.9. The number of hydrogen-bond donors (Lipinski definition) is 4. The lowest BCUT2D eigenvalue weighted by molar-refractivity contribution is -0.145. The van der Waals surface area contributed by atoms with E-state index in [1.54, 1.807) is 36.4 Å². The molecule has 392 valence electrons. The first kappa shape index (κ1) is 57.0. The molecular weight excluding hydrogens is 967 g/mol. The summed E-state index contributed by atoms with van der Waals surface area (Å²) in [6.45, 7) is 2.80. The summed E-state index contributed by atoms with van der Waals surface area (Å²) in [5.41, 5.74) is 4.68. The molecule has 6 rings (SSSR count).